The van der Waals surface area contributed by atoms with Crippen molar-refractivity contribution >= 4 is 11.9 Å². The monoisotopic (exact) mass is 267 g/mol. The lowest BCUT2D eigenvalue weighted by Gasteiger charge is -2.18. The van der Waals surface area contributed by atoms with E-state index in [4.69, 9.17) is 9.84 Å². The van der Waals surface area contributed by atoms with Crippen LogP contribution in [0.1, 0.15) is 12.0 Å². The number of rotatable bonds is 4. The number of hydrogen-bond donors (Lipinski definition) is 1. The molecule has 1 aromatic carbocycles. The van der Waals surface area contributed by atoms with Crippen molar-refractivity contribution in [3.63, 3.8) is 0 Å². The summed E-state index contributed by atoms with van der Waals surface area (Å²) in [7, 11) is 1.42. The molecule has 1 unspecified atom stereocenters. The molecule has 2 rings (SSSR count). The second kappa shape index (κ2) is 5.26. The van der Waals surface area contributed by atoms with Gasteiger partial charge in [0.05, 0.1) is 19.6 Å². The molecule has 0 saturated carbocycles. The SMILES string of the molecule is COc1cccc(F)c1CN1CC(C(=O)O)CC1=O. The van der Waals surface area contributed by atoms with Crippen molar-refractivity contribution in [3.8, 4) is 5.75 Å². The van der Waals surface area contributed by atoms with Gasteiger partial charge in [-0.25, -0.2) is 4.39 Å². The van der Waals surface area contributed by atoms with Gasteiger partial charge in [-0.1, -0.05) is 6.07 Å². The maximum atomic E-state index is 13.7. The molecular formula is C13H14FNO4. The number of nitrogens with zero attached hydrogens (tertiary/aromatic N) is 1. The van der Waals surface area contributed by atoms with Crippen molar-refractivity contribution < 1.29 is 23.8 Å². The summed E-state index contributed by atoms with van der Waals surface area (Å²) < 4.78 is 18.8. The van der Waals surface area contributed by atoms with Crippen LogP contribution >= 0.6 is 0 Å². The maximum Gasteiger partial charge on any atom is 0.308 e. The van der Waals surface area contributed by atoms with Gasteiger partial charge in [0, 0.05) is 18.5 Å². The molecular weight excluding hydrogens is 253 g/mol. The molecule has 0 aromatic heterocycles. The van der Waals surface area contributed by atoms with Gasteiger partial charge < -0.3 is 14.7 Å². The van der Waals surface area contributed by atoms with E-state index in [0.29, 0.717) is 5.75 Å². The highest BCUT2D eigenvalue weighted by atomic mass is 19.1. The second-order valence-corrected chi connectivity index (χ2v) is 4.43. The number of amides is 1. The molecule has 0 aliphatic carbocycles. The fraction of sp³-hybridized carbons (Fsp3) is 0.385. The molecule has 1 aliphatic heterocycles. The first-order chi connectivity index (χ1) is 9.02. The first-order valence-electron chi connectivity index (χ1n) is 5.85. The van der Waals surface area contributed by atoms with Gasteiger partial charge in [0.1, 0.15) is 11.6 Å². The number of ether oxygens (including phenoxy) is 1. The van der Waals surface area contributed by atoms with Gasteiger partial charge in [-0.3, -0.25) is 9.59 Å². The number of carboxylic acids is 1. The molecule has 1 saturated heterocycles. The van der Waals surface area contributed by atoms with E-state index in [1.807, 2.05) is 0 Å². The van der Waals surface area contributed by atoms with E-state index in [-0.39, 0.29) is 31.0 Å². The number of carbonyl (C=O) groups is 2. The first kappa shape index (κ1) is 13.3. The zero-order valence-electron chi connectivity index (χ0n) is 10.4. The lowest BCUT2D eigenvalue weighted by molar-refractivity contribution is -0.141. The summed E-state index contributed by atoms with van der Waals surface area (Å²) in [6, 6.07) is 4.41. The van der Waals surface area contributed by atoms with Crippen LogP contribution in [0, 0.1) is 11.7 Å². The minimum Gasteiger partial charge on any atom is -0.496 e. The van der Waals surface area contributed by atoms with Crippen LogP contribution in [0.25, 0.3) is 0 Å². The largest absolute Gasteiger partial charge is 0.496 e. The van der Waals surface area contributed by atoms with Crippen LogP contribution in [0.3, 0.4) is 0 Å². The Morgan fingerprint density at radius 3 is 2.89 bits per heavy atom. The number of aliphatic carboxylic acids is 1. The molecule has 1 heterocycles. The summed E-state index contributed by atoms with van der Waals surface area (Å²) in [5.41, 5.74) is 0.268. The number of hydrogen-bond acceptors (Lipinski definition) is 3. The third-order valence-electron chi connectivity index (χ3n) is 3.21. The standard InChI is InChI=1S/C13H14FNO4/c1-19-11-4-2-3-10(14)9(11)7-15-6-8(13(17)18)5-12(15)16/h2-4,8H,5-7H2,1H3,(H,17,18). The molecule has 6 heteroatoms. The Morgan fingerprint density at radius 2 is 2.32 bits per heavy atom. The topological polar surface area (TPSA) is 66.8 Å². The molecule has 19 heavy (non-hydrogen) atoms. The van der Waals surface area contributed by atoms with Gasteiger partial charge >= 0.3 is 5.97 Å². The van der Waals surface area contributed by atoms with Gasteiger partial charge in [-0.05, 0) is 12.1 Å². The molecule has 0 spiro atoms. The molecule has 1 amide bonds. The number of carbonyl (C=O) groups excluding carboxylic acids is 1. The van der Waals surface area contributed by atoms with Crippen LogP contribution in [-0.4, -0.2) is 35.5 Å². The van der Waals surface area contributed by atoms with E-state index in [2.05, 4.69) is 0 Å². The van der Waals surface area contributed by atoms with Crippen LogP contribution in [0.5, 0.6) is 5.75 Å². The molecule has 1 atom stereocenters. The highest BCUT2D eigenvalue weighted by molar-refractivity contribution is 5.86. The van der Waals surface area contributed by atoms with Gasteiger partial charge in [-0.15, -0.1) is 0 Å². The van der Waals surface area contributed by atoms with Crippen LogP contribution in [-0.2, 0) is 16.1 Å². The summed E-state index contributed by atoms with van der Waals surface area (Å²) >= 11 is 0. The summed E-state index contributed by atoms with van der Waals surface area (Å²) in [4.78, 5) is 23.9. The Labute approximate surface area is 109 Å². The third-order valence-corrected chi connectivity index (χ3v) is 3.21. The van der Waals surface area contributed by atoms with Crippen molar-refractivity contribution in [1.82, 2.24) is 4.90 Å². The van der Waals surface area contributed by atoms with Crippen molar-refractivity contribution in [2.75, 3.05) is 13.7 Å². The fourth-order valence-electron chi connectivity index (χ4n) is 2.16. The molecule has 0 bridgehead atoms. The van der Waals surface area contributed by atoms with Crippen molar-refractivity contribution in [2.45, 2.75) is 13.0 Å². The number of carboxylic acid groups (broad SMARTS) is 1. The molecule has 1 aromatic rings. The molecule has 1 N–H and O–H groups in total. The summed E-state index contributed by atoms with van der Waals surface area (Å²) in [5, 5.41) is 8.89. The Bertz CT molecular complexity index is 517. The van der Waals surface area contributed by atoms with Crippen molar-refractivity contribution in [2.24, 2.45) is 5.92 Å². The molecule has 0 radical (unpaired) electrons. The Balaban J connectivity index is 2.18. The van der Waals surface area contributed by atoms with Crippen molar-refractivity contribution in [1.29, 1.82) is 0 Å². The van der Waals surface area contributed by atoms with Crippen LogP contribution < -0.4 is 4.74 Å². The second-order valence-electron chi connectivity index (χ2n) is 4.43. The quantitative estimate of drug-likeness (QED) is 0.892. The van der Waals surface area contributed by atoms with E-state index < -0.39 is 17.7 Å². The molecule has 5 nitrogen and oxygen atoms in total. The number of likely N-dealkylation sites (tertiary alicyclic amines) is 1. The average molecular weight is 267 g/mol. The Kier molecular flexibility index (Phi) is 3.69. The smallest absolute Gasteiger partial charge is 0.308 e. The normalized spacial score (nSPS) is 18.7. The first-order valence-corrected chi connectivity index (χ1v) is 5.85. The highest BCUT2D eigenvalue weighted by Gasteiger charge is 2.34. The highest BCUT2D eigenvalue weighted by Crippen LogP contribution is 2.26. The van der Waals surface area contributed by atoms with Crippen molar-refractivity contribution in [3.05, 3.63) is 29.6 Å². The van der Waals surface area contributed by atoms with Crippen LogP contribution in [0.2, 0.25) is 0 Å². The Hall–Kier alpha value is -2.11. The maximum absolute atomic E-state index is 13.7. The lowest BCUT2D eigenvalue weighted by Crippen LogP contribution is -2.26. The molecule has 1 fully saturated rings. The van der Waals surface area contributed by atoms with Gasteiger partial charge in [0.25, 0.3) is 0 Å². The summed E-state index contributed by atoms with van der Waals surface area (Å²) in [6.07, 6.45) is -0.0356. The van der Waals surface area contributed by atoms with Gasteiger partial charge in [-0.2, -0.15) is 0 Å². The van der Waals surface area contributed by atoms with E-state index >= 15 is 0 Å². The third kappa shape index (κ3) is 2.67. The predicted octanol–water partition coefficient (Wildman–Crippen LogP) is 1.27. The predicted molar refractivity (Wildman–Crippen MR) is 64.1 cm³/mol. The minimum absolute atomic E-state index is 0.0262. The van der Waals surface area contributed by atoms with E-state index in [1.54, 1.807) is 6.07 Å². The van der Waals surface area contributed by atoms with Gasteiger partial charge in [0.15, 0.2) is 0 Å². The lowest BCUT2D eigenvalue weighted by atomic mass is 10.1. The number of methoxy groups -OCH3 is 1. The minimum atomic E-state index is -1.00. The van der Waals surface area contributed by atoms with E-state index in [0.717, 1.165) is 0 Å². The van der Waals surface area contributed by atoms with Crippen LogP contribution in [0.15, 0.2) is 18.2 Å². The summed E-state index contributed by atoms with van der Waals surface area (Å²) in [5.74, 6) is -2.11. The van der Waals surface area contributed by atoms with Gasteiger partial charge in [0.2, 0.25) is 5.91 Å². The van der Waals surface area contributed by atoms with Crippen LogP contribution in [0.4, 0.5) is 4.39 Å². The van der Waals surface area contributed by atoms with E-state index in [9.17, 15) is 14.0 Å². The zero-order chi connectivity index (χ0) is 14.0. The zero-order valence-corrected chi connectivity index (χ0v) is 10.4. The molecule has 102 valence electrons. The number of halogens is 1. The Morgan fingerprint density at radius 1 is 1.58 bits per heavy atom. The number of benzene rings is 1. The average Bonchev–Trinajstić information content (AvgIpc) is 2.74. The fourth-order valence-corrected chi connectivity index (χ4v) is 2.16. The van der Waals surface area contributed by atoms with E-state index in [1.165, 1.54) is 24.1 Å². The molecule has 1 aliphatic rings. The summed E-state index contributed by atoms with van der Waals surface area (Å²) in [6.45, 7) is 0.129.